The highest BCUT2D eigenvalue weighted by Gasteiger charge is 2.20. The molecule has 7 nitrogen and oxygen atoms in total. The van der Waals surface area contributed by atoms with E-state index in [9.17, 15) is 10.1 Å². The highest BCUT2D eigenvalue weighted by atomic mass is 17.1. The zero-order valence-electron chi connectivity index (χ0n) is 7.32. The topological polar surface area (TPSA) is 98.4 Å². The van der Waals surface area contributed by atoms with Gasteiger partial charge < -0.3 is 4.89 Å². The molecule has 0 aromatic carbocycles. The third kappa shape index (κ3) is 1.44. The van der Waals surface area contributed by atoms with Crippen molar-refractivity contribution in [2.45, 2.75) is 0 Å². The molecule has 0 saturated heterocycles. The molecule has 1 N–H and O–H groups in total. The summed E-state index contributed by atoms with van der Waals surface area (Å²) in [5.74, 6) is -0.252. The van der Waals surface area contributed by atoms with Gasteiger partial charge in [-0.25, -0.2) is 15.2 Å². The van der Waals surface area contributed by atoms with Crippen LogP contribution in [0.2, 0.25) is 0 Å². The van der Waals surface area contributed by atoms with Crippen molar-refractivity contribution in [2.75, 3.05) is 0 Å². The van der Waals surface area contributed by atoms with Crippen LogP contribution in [0.5, 0.6) is 5.75 Å². The highest BCUT2D eigenvalue weighted by Crippen LogP contribution is 2.32. The summed E-state index contributed by atoms with van der Waals surface area (Å²) in [5, 5.41) is 19.5. The number of aromatic nitrogens is 2. The second-order valence-corrected chi connectivity index (χ2v) is 2.70. The Labute approximate surface area is 83.0 Å². The minimum absolute atomic E-state index is 0.252. The Morgan fingerprint density at radius 3 is 2.93 bits per heavy atom. The van der Waals surface area contributed by atoms with Crippen molar-refractivity contribution in [2.24, 2.45) is 0 Å². The van der Waals surface area contributed by atoms with Crippen LogP contribution in [-0.4, -0.2) is 20.1 Å². The van der Waals surface area contributed by atoms with E-state index in [4.69, 9.17) is 5.26 Å². The minimum Gasteiger partial charge on any atom is -0.332 e. The van der Waals surface area contributed by atoms with Crippen LogP contribution >= 0.6 is 0 Å². The van der Waals surface area contributed by atoms with Crippen molar-refractivity contribution in [1.82, 2.24) is 9.97 Å². The van der Waals surface area contributed by atoms with E-state index >= 15 is 0 Å². The maximum Gasteiger partial charge on any atom is 0.333 e. The smallest absolute Gasteiger partial charge is 0.332 e. The molecule has 0 atom stereocenters. The van der Waals surface area contributed by atoms with Crippen molar-refractivity contribution < 1.29 is 15.1 Å². The molecule has 0 radical (unpaired) electrons. The molecule has 2 rings (SSSR count). The van der Waals surface area contributed by atoms with Crippen molar-refractivity contribution in [3.63, 3.8) is 0 Å². The zero-order valence-corrected chi connectivity index (χ0v) is 7.32. The van der Waals surface area contributed by atoms with Gasteiger partial charge in [-0.05, 0) is 12.1 Å². The van der Waals surface area contributed by atoms with E-state index in [2.05, 4.69) is 14.9 Å². The first-order valence-electron chi connectivity index (χ1n) is 3.93. The van der Waals surface area contributed by atoms with Gasteiger partial charge in [-0.3, -0.25) is 10.1 Å². The molecular weight excluding hydrogens is 202 g/mol. The van der Waals surface area contributed by atoms with Crippen LogP contribution in [0.4, 0.5) is 5.69 Å². The molecule has 2 heterocycles. The van der Waals surface area contributed by atoms with Gasteiger partial charge in [0, 0.05) is 6.20 Å². The van der Waals surface area contributed by atoms with Crippen LogP contribution in [0.1, 0.15) is 0 Å². The molecule has 0 fully saturated rings. The van der Waals surface area contributed by atoms with E-state index in [1.807, 2.05) is 0 Å². The summed E-state index contributed by atoms with van der Waals surface area (Å²) in [7, 11) is 0. The molecule has 2 aromatic heterocycles. The Morgan fingerprint density at radius 1 is 1.47 bits per heavy atom. The third-order valence-corrected chi connectivity index (χ3v) is 1.86. The largest absolute Gasteiger partial charge is 0.333 e. The summed E-state index contributed by atoms with van der Waals surface area (Å²) in [5.41, 5.74) is -0.134. The number of fused-ring (bicyclic) bond motifs is 1. The molecule has 0 aliphatic rings. The van der Waals surface area contributed by atoms with Crippen LogP contribution < -0.4 is 4.89 Å². The SMILES string of the molecule is O=[N+]([O-])c1cnc2ncccc2c1OO. The fourth-order valence-electron chi connectivity index (χ4n) is 1.22. The lowest BCUT2D eigenvalue weighted by Crippen LogP contribution is -1.97. The van der Waals surface area contributed by atoms with E-state index < -0.39 is 10.6 Å². The van der Waals surface area contributed by atoms with Crippen molar-refractivity contribution in [3.05, 3.63) is 34.6 Å². The molecule has 0 unspecified atom stereocenters. The molecule has 0 spiro atoms. The molecule has 15 heavy (non-hydrogen) atoms. The van der Waals surface area contributed by atoms with Gasteiger partial charge in [-0.15, -0.1) is 0 Å². The average molecular weight is 207 g/mol. The number of hydrogen-bond donors (Lipinski definition) is 1. The van der Waals surface area contributed by atoms with Gasteiger partial charge in [0.1, 0.15) is 6.20 Å². The quantitative estimate of drug-likeness (QED) is 0.453. The Hall–Kier alpha value is -2.28. The predicted molar refractivity (Wildman–Crippen MR) is 49.4 cm³/mol. The Bertz CT molecular complexity index is 528. The molecule has 0 aliphatic heterocycles. The monoisotopic (exact) mass is 207 g/mol. The fourth-order valence-corrected chi connectivity index (χ4v) is 1.22. The van der Waals surface area contributed by atoms with Crippen LogP contribution in [0, 0.1) is 10.1 Å². The lowest BCUT2D eigenvalue weighted by atomic mass is 10.2. The van der Waals surface area contributed by atoms with E-state index in [1.54, 1.807) is 6.07 Å². The average Bonchev–Trinajstić information content (AvgIpc) is 2.27. The summed E-state index contributed by atoms with van der Waals surface area (Å²) >= 11 is 0. The first kappa shape index (κ1) is 9.28. The number of hydrogen-bond acceptors (Lipinski definition) is 6. The van der Waals surface area contributed by atoms with Gasteiger partial charge in [0.05, 0.1) is 10.3 Å². The molecule has 0 aliphatic carbocycles. The van der Waals surface area contributed by atoms with Crippen molar-refractivity contribution in [1.29, 1.82) is 0 Å². The number of nitrogens with zero attached hydrogens (tertiary/aromatic N) is 3. The molecular formula is C8H5N3O4. The fraction of sp³-hybridized carbons (Fsp3) is 0. The lowest BCUT2D eigenvalue weighted by molar-refractivity contribution is -0.388. The van der Waals surface area contributed by atoms with E-state index in [-0.39, 0.29) is 16.8 Å². The molecule has 76 valence electrons. The Morgan fingerprint density at radius 2 is 2.27 bits per heavy atom. The van der Waals surface area contributed by atoms with Gasteiger partial charge in [-0.1, -0.05) is 0 Å². The second-order valence-electron chi connectivity index (χ2n) is 2.70. The predicted octanol–water partition coefficient (Wildman–Crippen LogP) is 1.39. The van der Waals surface area contributed by atoms with Crippen LogP contribution in [0.3, 0.4) is 0 Å². The first-order valence-corrected chi connectivity index (χ1v) is 3.93. The Kier molecular flexibility index (Phi) is 2.14. The van der Waals surface area contributed by atoms with Gasteiger partial charge in [0.15, 0.2) is 5.65 Å². The maximum absolute atomic E-state index is 10.6. The highest BCUT2D eigenvalue weighted by molar-refractivity contribution is 5.85. The maximum atomic E-state index is 10.6. The van der Waals surface area contributed by atoms with Gasteiger partial charge in [0.2, 0.25) is 0 Å². The summed E-state index contributed by atoms with van der Waals surface area (Å²) in [4.78, 5) is 21.5. The Balaban J connectivity index is 2.81. The van der Waals surface area contributed by atoms with Gasteiger partial charge >= 0.3 is 5.69 Å². The normalized spacial score (nSPS) is 10.2. The summed E-state index contributed by atoms with van der Waals surface area (Å²) < 4.78 is 0. The lowest BCUT2D eigenvalue weighted by Gasteiger charge is -2.01. The van der Waals surface area contributed by atoms with Crippen LogP contribution in [0.25, 0.3) is 11.0 Å². The number of pyridine rings is 2. The standard InChI is InChI=1S/C8H5N3O4/c12-11(13)6-4-10-8-5(7(6)15-14)2-1-3-9-8/h1-4,14H. The van der Waals surface area contributed by atoms with Crippen LogP contribution in [0.15, 0.2) is 24.5 Å². The minimum atomic E-state index is -0.689. The molecule has 0 bridgehead atoms. The first-order chi connectivity index (χ1) is 7.24. The third-order valence-electron chi connectivity index (χ3n) is 1.86. The summed E-state index contributed by atoms with van der Waals surface area (Å²) in [6, 6.07) is 3.09. The number of rotatable bonds is 2. The van der Waals surface area contributed by atoms with Crippen molar-refractivity contribution >= 4 is 16.7 Å². The molecule has 0 saturated carbocycles. The second kappa shape index (κ2) is 3.46. The van der Waals surface area contributed by atoms with Gasteiger partial charge in [-0.2, -0.15) is 0 Å². The van der Waals surface area contributed by atoms with Gasteiger partial charge in [0.25, 0.3) is 5.75 Å². The van der Waals surface area contributed by atoms with E-state index in [0.29, 0.717) is 0 Å². The summed E-state index contributed by atoms with van der Waals surface area (Å²) in [6.45, 7) is 0. The van der Waals surface area contributed by atoms with E-state index in [0.717, 1.165) is 6.20 Å². The van der Waals surface area contributed by atoms with Crippen LogP contribution in [-0.2, 0) is 0 Å². The summed E-state index contributed by atoms with van der Waals surface area (Å²) in [6.07, 6.45) is 2.48. The van der Waals surface area contributed by atoms with Crippen molar-refractivity contribution in [3.8, 4) is 5.75 Å². The molecule has 0 amide bonds. The number of nitro groups is 1. The zero-order chi connectivity index (χ0) is 10.8. The molecule has 7 heteroatoms. The molecule has 2 aromatic rings. The van der Waals surface area contributed by atoms with E-state index in [1.165, 1.54) is 12.3 Å².